The van der Waals surface area contributed by atoms with Crippen LogP contribution in [0.3, 0.4) is 0 Å². The first-order valence-corrected chi connectivity index (χ1v) is 11.4. The summed E-state index contributed by atoms with van der Waals surface area (Å²) in [6, 6.07) is 11.0. The Morgan fingerprint density at radius 3 is 2.60 bits per heavy atom. The van der Waals surface area contributed by atoms with Gasteiger partial charge in [-0.25, -0.2) is 0 Å². The molecular weight excluding hydrogens is 424 g/mol. The number of anilines is 1. The molecule has 1 fully saturated rings. The van der Waals surface area contributed by atoms with Crippen LogP contribution in [0.1, 0.15) is 27.9 Å². The number of hydrogen-bond acceptors (Lipinski definition) is 7. The van der Waals surface area contributed by atoms with Gasteiger partial charge in [0, 0.05) is 35.3 Å². The number of carbonyl (C=O) groups excluding carboxylic acids is 4. The van der Waals surface area contributed by atoms with Crippen LogP contribution in [0.4, 0.5) is 5.69 Å². The average Bonchev–Trinajstić information content (AvgIpc) is 3.37. The van der Waals surface area contributed by atoms with Gasteiger partial charge in [-0.05, 0) is 42.7 Å². The minimum atomic E-state index is -0.593. The smallest absolute Gasteiger partial charge is 0.311 e. The number of nitrogens with zero attached hydrogens (tertiary/aromatic N) is 1. The summed E-state index contributed by atoms with van der Waals surface area (Å²) < 4.78 is 5.18. The van der Waals surface area contributed by atoms with Gasteiger partial charge in [0.1, 0.15) is 0 Å². The maximum Gasteiger partial charge on any atom is 0.311 e. The summed E-state index contributed by atoms with van der Waals surface area (Å²) in [7, 11) is 0. The van der Waals surface area contributed by atoms with Crippen molar-refractivity contribution in [2.75, 3.05) is 24.3 Å². The Balaban J connectivity index is 1.51. The number of thioether (sulfide) groups is 1. The van der Waals surface area contributed by atoms with Crippen LogP contribution < -0.4 is 10.2 Å². The van der Waals surface area contributed by atoms with Crippen LogP contribution in [0, 0.1) is 5.92 Å². The van der Waals surface area contributed by atoms with Gasteiger partial charge in [0.15, 0.2) is 6.61 Å². The van der Waals surface area contributed by atoms with Gasteiger partial charge in [-0.2, -0.15) is 0 Å². The Labute approximate surface area is 182 Å². The standard InChI is InChI=1S/C21H22N2O5S2/c1-13(24)22-10-17-7-8-19(30-17)18(25)12-28-21(27)14-9-20(26)23(11-14)15-3-5-16(29-2)6-4-15/h3-8,14H,9-12H2,1-2H3,(H,22,24). The highest BCUT2D eigenvalue weighted by Crippen LogP contribution is 2.28. The van der Waals surface area contributed by atoms with E-state index in [1.54, 1.807) is 28.8 Å². The van der Waals surface area contributed by atoms with E-state index in [1.807, 2.05) is 30.5 Å². The van der Waals surface area contributed by atoms with Gasteiger partial charge in [-0.1, -0.05) is 0 Å². The predicted molar refractivity (Wildman–Crippen MR) is 116 cm³/mol. The summed E-state index contributed by atoms with van der Waals surface area (Å²) in [5, 5.41) is 2.67. The molecule has 1 aromatic carbocycles. The number of Topliss-reactive ketones (excluding diaryl/α,β-unsaturated/α-hetero) is 1. The zero-order chi connectivity index (χ0) is 21.7. The van der Waals surface area contributed by atoms with Crippen LogP contribution >= 0.6 is 23.1 Å². The number of esters is 1. The van der Waals surface area contributed by atoms with Crippen molar-refractivity contribution in [2.45, 2.75) is 24.8 Å². The topological polar surface area (TPSA) is 92.8 Å². The van der Waals surface area contributed by atoms with Crippen LogP contribution in [0.25, 0.3) is 0 Å². The van der Waals surface area contributed by atoms with E-state index < -0.39 is 11.9 Å². The molecule has 1 saturated heterocycles. The van der Waals surface area contributed by atoms with Crippen LogP contribution in [-0.4, -0.2) is 43.0 Å². The molecule has 1 aliphatic rings. The van der Waals surface area contributed by atoms with Gasteiger partial charge >= 0.3 is 5.97 Å². The van der Waals surface area contributed by atoms with E-state index >= 15 is 0 Å². The second kappa shape index (κ2) is 9.90. The fraction of sp³-hybridized carbons (Fsp3) is 0.333. The highest BCUT2D eigenvalue weighted by atomic mass is 32.2. The third-order valence-corrected chi connectivity index (χ3v) is 6.51. The van der Waals surface area contributed by atoms with Gasteiger partial charge in [0.05, 0.1) is 17.3 Å². The second-order valence-electron chi connectivity index (χ2n) is 6.81. The maximum absolute atomic E-state index is 12.4. The lowest BCUT2D eigenvalue weighted by molar-refractivity contribution is -0.147. The average molecular weight is 447 g/mol. The van der Waals surface area contributed by atoms with Crippen LogP contribution in [-0.2, 0) is 25.7 Å². The van der Waals surface area contributed by atoms with E-state index in [9.17, 15) is 19.2 Å². The Bertz CT molecular complexity index is 955. The molecule has 158 valence electrons. The monoisotopic (exact) mass is 446 g/mol. The molecule has 0 spiro atoms. The van der Waals surface area contributed by atoms with Crippen molar-refractivity contribution in [2.24, 2.45) is 5.92 Å². The minimum absolute atomic E-state index is 0.0666. The van der Waals surface area contributed by atoms with E-state index in [-0.39, 0.29) is 37.2 Å². The number of benzene rings is 1. The molecule has 0 bridgehead atoms. The molecule has 7 nitrogen and oxygen atoms in total. The number of rotatable bonds is 8. The lowest BCUT2D eigenvalue weighted by Gasteiger charge is -2.16. The zero-order valence-corrected chi connectivity index (χ0v) is 18.3. The van der Waals surface area contributed by atoms with Gasteiger partial charge in [-0.15, -0.1) is 23.1 Å². The molecule has 2 aromatic rings. The molecule has 1 aromatic heterocycles. The summed E-state index contributed by atoms with van der Waals surface area (Å²) >= 11 is 2.86. The first kappa shape index (κ1) is 22.0. The highest BCUT2D eigenvalue weighted by Gasteiger charge is 2.36. The molecule has 0 saturated carbocycles. The molecule has 2 amide bonds. The molecular formula is C21H22N2O5S2. The molecule has 9 heteroatoms. The Morgan fingerprint density at radius 2 is 1.93 bits per heavy atom. The van der Waals surface area contributed by atoms with E-state index in [0.717, 1.165) is 15.5 Å². The number of hydrogen-bond donors (Lipinski definition) is 1. The summed E-state index contributed by atoms with van der Waals surface area (Å²) in [4.78, 5) is 51.9. The number of nitrogens with one attached hydrogen (secondary N) is 1. The quantitative estimate of drug-likeness (QED) is 0.381. The third kappa shape index (κ3) is 5.48. The molecule has 1 aliphatic heterocycles. The van der Waals surface area contributed by atoms with E-state index in [0.29, 0.717) is 11.4 Å². The number of carbonyl (C=O) groups is 4. The van der Waals surface area contributed by atoms with Crippen molar-refractivity contribution in [3.05, 3.63) is 46.2 Å². The van der Waals surface area contributed by atoms with Crippen LogP contribution in [0.15, 0.2) is 41.3 Å². The molecule has 30 heavy (non-hydrogen) atoms. The fourth-order valence-corrected chi connectivity index (χ4v) is 4.32. The SMILES string of the molecule is CSc1ccc(N2CC(C(=O)OCC(=O)c3ccc(CNC(C)=O)s3)CC2=O)cc1. The van der Waals surface area contributed by atoms with E-state index in [1.165, 1.54) is 18.3 Å². The first-order valence-electron chi connectivity index (χ1n) is 9.34. The van der Waals surface area contributed by atoms with Crippen molar-refractivity contribution in [3.8, 4) is 0 Å². The van der Waals surface area contributed by atoms with Crippen LogP contribution in [0.5, 0.6) is 0 Å². The number of amides is 2. The van der Waals surface area contributed by atoms with Gasteiger partial charge in [0.25, 0.3) is 0 Å². The lowest BCUT2D eigenvalue weighted by Crippen LogP contribution is -2.27. The Kier molecular flexibility index (Phi) is 7.28. The fourth-order valence-electron chi connectivity index (χ4n) is 3.04. The van der Waals surface area contributed by atoms with Crippen molar-refractivity contribution in [1.29, 1.82) is 0 Å². The lowest BCUT2D eigenvalue weighted by atomic mass is 10.1. The molecule has 0 aliphatic carbocycles. The van der Waals surface area contributed by atoms with E-state index in [4.69, 9.17) is 4.74 Å². The zero-order valence-electron chi connectivity index (χ0n) is 16.7. The molecule has 0 radical (unpaired) electrons. The molecule has 2 heterocycles. The maximum atomic E-state index is 12.4. The van der Waals surface area contributed by atoms with Crippen molar-refractivity contribution >= 4 is 52.4 Å². The highest BCUT2D eigenvalue weighted by molar-refractivity contribution is 7.98. The minimum Gasteiger partial charge on any atom is -0.457 e. The molecule has 1 unspecified atom stereocenters. The summed E-state index contributed by atoms with van der Waals surface area (Å²) in [5.41, 5.74) is 0.745. The summed E-state index contributed by atoms with van der Waals surface area (Å²) in [5.74, 6) is -1.73. The van der Waals surface area contributed by atoms with Gasteiger partial charge < -0.3 is 15.0 Å². The van der Waals surface area contributed by atoms with Gasteiger partial charge in [0.2, 0.25) is 17.6 Å². The van der Waals surface area contributed by atoms with E-state index in [2.05, 4.69) is 5.32 Å². The number of ether oxygens (including phenoxy) is 1. The van der Waals surface area contributed by atoms with Crippen molar-refractivity contribution < 1.29 is 23.9 Å². The molecule has 3 rings (SSSR count). The summed E-state index contributed by atoms with van der Waals surface area (Å²) in [6.45, 7) is 1.65. The predicted octanol–water partition coefficient (Wildman–Crippen LogP) is 2.89. The Morgan fingerprint density at radius 1 is 1.20 bits per heavy atom. The van der Waals surface area contributed by atoms with Crippen molar-refractivity contribution in [1.82, 2.24) is 5.32 Å². The van der Waals surface area contributed by atoms with Gasteiger partial charge in [-0.3, -0.25) is 19.2 Å². The number of thiophene rings is 1. The normalized spacial score (nSPS) is 15.9. The van der Waals surface area contributed by atoms with Crippen molar-refractivity contribution in [3.63, 3.8) is 0 Å². The first-order chi connectivity index (χ1) is 14.4. The third-order valence-electron chi connectivity index (χ3n) is 4.64. The van der Waals surface area contributed by atoms with Crippen LogP contribution in [0.2, 0.25) is 0 Å². The number of ketones is 1. The Hall–Kier alpha value is -2.65. The molecule has 1 N–H and O–H groups in total. The second-order valence-corrected chi connectivity index (χ2v) is 8.86. The largest absolute Gasteiger partial charge is 0.457 e. The summed E-state index contributed by atoms with van der Waals surface area (Å²) in [6.07, 6.45) is 2.04. The molecule has 1 atom stereocenters.